The number of nitrogens with one attached hydrogen (secondary N) is 2. The molecule has 250 valence electrons. The number of aliphatic hydroxyl groups is 1. The molecule has 3 amide bonds. The summed E-state index contributed by atoms with van der Waals surface area (Å²) in [5, 5.41) is 25.1. The first-order valence-corrected chi connectivity index (χ1v) is 16.9. The topological polar surface area (TPSA) is 160 Å². The molecule has 0 fully saturated rings. The van der Waals surface area contributed by atoms with Crippen molar-refractivity contribution in [3.63, 3.8) is 0 Å². The van der Waals surface area contributed by atoms with Crippen LogP contribution in [0.25, 0.3) is 0 Å². The lowest BCUT2D eigenvalue weighted by molar-refractivity contribution is 0.0687. The Balaban J connectivity index is 2.45. The highest BCUT2D eigenvalue weighted by atomic mass is 32.2. The van der Waals surface area contributed by atoms with Gasteiger partial charge in [0.2, 0.25) is 10.0 Å². The summed E-state index contributed by atoms with van der Waals surface area (Å²) in [6, 6.07) is 9.70. The van der Waals surface area contributed by atoms with E-state index in [0.717, 1.165) is 12.8 Å². The Morgan fingerprint density at radius 3 is 1.91 bits per heavy atom. The SMILES string of the molecule is CCCN(CCC)C(=O)c1cc(C(=O)NC(Cc2ccc(O)cc2)C(O)CN(C)NS(=O)(=O)CC(C)C)cc(C(=O)N(C)C)c1. The Bertz CT molecular complexity index is 1390. The molecule has 13 heteroatoms. The van der Waals surface area contributed by atoms with Crippen molar-refractivity contribution in [2.75, 3.05) is 46.5 Å². The van der Waals surface area contributed by atoms with Crippen LogP contribution in [0.4, 0.5) is 0 Å². The van der Waals surface area contributed by atoms with E-state index in [4.69, 9.17) is 0 Å². The zero-order chi connectivity index (χ0) is 33.9. The van der Waals surface area contributed by atoms with Crippen molar-refractivity contribution in [3.05, 3.63) is 64.7 Å². The normalized spacial score (nSPS) is 13.0. The van der Waals surface area contributed by atoms with E-state index < -0.39 is 28.1 Å². The third-order valence-corrected chi connectivity index (χ3v) is 8.55. The summed E-state index contributed by atoms with van der Waals surface area (Å²) < 4.78 is 24.9. The maximum Gasteiger partial charge on any atom is 0.253 e. The van der Waals surface area contributed by atoms with Crippen molar-refractivity contribution in [2.45, 2.75) is 59.1 Å². The van der Waals surface area contributed by atoms with E-state index in [0.29, 0.717) is 18.7 Å². The Morgan fingerprint density at radius 2 is 1.40 bits per heavy atom. The van der Waals surface area contributed by atoms with Crippen molar-refractivity contribution < 1.29 is 33.0 Å². The molecule has 0 aliphatic carbocycles. The second kappa shape index (κ2) is 17.2. The standard InChI is InChI=1S/C32H49N5O7S/c1-8-14-37(15-9-2)32(42)26-18-24(17-25(19-26)31(41)35(5)6)30(40)33-28(16-23-10-12-27(38)13-11-23)29(39)20-36(7)34-45(43,44)21-22(3)4/h10-13,17-19,22,28-29,34,38-39H,8-9,14-16,20-21H2,1-7H3,(H,33,40). The number of phenols is 1. The lowest BCUT2D eigenvalue weighted by atomic mass is 9.99. The molecule has 0 aliphatic heterocycles. The fourth-order valence-electron chi connectivity index (χ4n) is 4.88. The number of rotatable bonds is 17. The van der Waals surface area contributed by atoms with Crippen LogP contribution in [0.2, 0.25) is 0 Å². The molecule has 0 aliphatic rings. The van der Waals surface area contributed by atoms with Crippen LogP contribution in [0.1, 0.15) is 77.2 Å². The maximum absolute atomic E-state index is 13.7. The van der Waals surface area contributed by atoms with Gasteiger partial charge in [-0.05, 0) is 61.1 Å². The number of phenolic OH excluding ortho intramolecular Hbond substituents is 1. The monoisotopic (exact) mass is 647 g/mol. The predicted octanol–water partition coefficient (Wildman–Crippen LogP) is 2.48. The van der Waals surface area contributed by atoms with Crippen LogP contribution in [0, 0.1) is 5.92 Å². The Hall–Kier alpha value is -3.52. The van der Waals surface area contributed by atoms with Gasteiger partial charge in [-0.3, -0.25) is 14.4 Å². The molecule has 4 N–H and O–H groups in total. The van der Waals surface area contributed by atoms with Crippen molar-refractivity contribution in [1.82, 2.24) is 25.0 Å². The molecule has 0 bridgehead atoms. The van der Waals surface area contributed by atoms with E-state index >= 15 is 0 Å². The van der Waals surface area contributed by atoms with Gasteiger partial charge in [0.05, 0.1) is 17.9 Å². The van der Waals surface area contributed by atoms with Gasteiger partial charge in [0.15, 0.2) is 0 Å². The van der Waals surface area contributed by atoms with Crippen LogP contribution in [0.5, 0.6) is 5.75 Å². The summed E-state index contributed by atoms with van der Waals surface area (Å²) in [6.07, 6.45) is 0.387. The highest BCUT2D eigenvalue weighted by molar-refractivity contribution is 7.89. The molecule has 45 heavy (non-hydrogen) atoms. The molecule has 0 saturated carbocycles. The van der Waals surface area contributed by atoms with Crippen LogP contribution in [-0.4, -0.2) is 110 Å². The molecular formula is C32H49N5O7S. The maximum atomic E-state index is 13.7. The minimum atomic E-state index is -3.65. The first-order valence-electron chi connectivity index (χ1n) is 15.2. The summed E-state index contributed by atoms with van der Waals surface area (Å²) in [4.78, 5) is 45.7. The fourth-order valence-corrected chi connectivity index (χ4v) is 6.38. The summed E-state index contributed by atoms with van der Waals surface area (Å²) in [7, 11) is 0.980. The molecule has 0 aromatic heterocycles. The highest BCUT2D eigenvalue weighted by Gasteiger charge is 2.27. The Kier molecular flexibility index (Phi) is 14.4. The number of amides is 3. The number of hydrogen-bond donors (Lipinski definition) is 4. The number of sulfonamides is 1. The molecule has 2 atom stereocenters. The molecule has 2 aromatic carbocycles. The van der Waals surface area contributed by atoms with Crippen LogP contribution in [-0.2, 0) is 16.4 Å². The molecule has 0 saturated heterocycles. The molecule has 0 spiro atoms. The molecule has 2 unspecified atom stereocenters. The summed E-state index contributed by atoms with van der Waals surface area (Å²) in [5.74, 6) is -1.45. The van der Waals surface area contributed by atoms with Crippen LogP contribution < -0.4 is 10.1 Å². The fraction of sp³-hybridized carbons (Fsp3) is 0.531. The van der Waals surface area contributed by atoms with Crippen LogP contribution in [0.15, 0.2) is 42.5 Å². The van der Waals surface area contributed by atoms with E-state index in [2.05, 4.69) is 10.1 Å². The minimum Gasteiger partial charge on any atom is -0.508 e. The minimum absolute atomic E-state index is 0.0546. The van der Waals surface area contributed by atoms with Crippen molar-refractivity contribution >= 4 is 27.7 Å². The first-order chi connectivity index (χ1) is 21.1. The number of aliphatic hydroxyl groups excluding tert-OH is 1. The zero-order valence-electron chi connectivity index (χ0n) is 27.4. The van der Waals surface area contributed by atoms with Crippen molar-refractivity contribution in [1.29, 1.82) is 0 Å². The number of aromatic hydroxyl groups is 1. The molecule has 0 heterocycles. The van der Waals surface area contributed by atoms with E-state index in [1.54, 1.807) is 45.0 Å². The number of carbonyl (C=O) groups excluding carboxylic acids is 3. The largest absolute Gasteiger partial charge is 0.508 e. The van der Waals surface area contributed by atoms with Crippen molar-refractivity contribution in [2.24, 2.45) is 5.92 Å². The van der Waals surface area contributed by atoms with Crippen molar-refractivity contribution in [3.8, 4) is 5.75 Å². The quantitative estimate of drug-likeness (QED) is 0.191. The second-order valence-electron chi connectivity index (χ2n) is 12.0. The second-order valence-corrected chi connectivity index (χ2v) is 13.7. The lowest BCUT2D eigenvalue weighted by Gasteiger charge is -2.28. The average Bonchev–Trinajstić information content (AvgIpc) is 2.95. The Morgan fingerprint density at radius 1 is 0.867 bits per heavy atom. The first kappa shape index (κ1) is 37.7. The van der Waals surface area contributed by atoms with E-state index in [1.807, 2.05) is 13.8 Å². The number of hydrazine groups is 1. The van der Waals surface area contributed by atoms with Gasteiger partial charge in [-0.25, -0.2) is 13.4 Å². The predicted molar refractivity (Wildman–Crippen MR) is 174 cm³/mol. The van der Waals surface area contributed by atoms with Gasteiger partial charge in [0.1, 0.15) is 5.75 Å². The van der Waals surface area contributed by atoms with E-state index in [-0.39, 0.29) is 58.9 Å². The van der Waals surface area contributed by atoms with Gasteiger partial charge in [-0.2, -0.15) is 0 Å². The average molecular weight is 648 g/mol. The molecule has 2 rings (SSSR count). The smallest absolute Gasteiger partial charge is 0.253 e. The summed E-state index contributed by atoms with van der Waals surface area (Å²) in [6.45, 7) is 8.38. The third-order valence-electron chi connectivity index (χ3n) is 6.85. The molecule has 12 nitrogen and oxygen atoms in total. The number of likely N-dealkylation sites (N-methyl/N-ethyl adjacent to an activating group) is 1. The van der Waals surface area contributed by atoms with Gasteiger partial charge >= 0.3 is 0 Å². The van der Waals surface area contributed by atoms with Gasteiger partial charge in [-0.1, -0.05) is 39.8 Å². The molecule has 2 aromatic rings. The van der Waals surface area contributed by atoms with E-state index in [9.17, 15) is 33.0 Å². The summed E-state index contributed by atoms with van der Waals surface area (Å²) in [5.41, 5.74) is 1.12. The van der Waals surface area contributed by atoms with Gasteiger partial charge in [0.25, 0.3) is 17.7 Å². The Labute approximate surface area is 267 Å². The van der Waals surface area contributed by atoms with Gasteiger partial charge in [-0.15, -0.1) is 4.83 Å². The van der Waals surface area contributed by atoms with Gasteiger partial charge in [0, 0.05) is 57.5 Å². The molecule has 0 radical (unpaired) electrons. The zero-order valence-corrected chi connectivity index (χ0v) is 28.2. The van der Waals surface area contributed by atoms with Crippen LogP contribution >= 0.6 is 0 Å². The van der Waals surface area contributed by atoms with Gasteiger partial charge < -0.3 is 25.3 Å². The number of nitrogens with zero attached hydrogens (tertiary/aromatic N) is 3. The highest BCUT2D eigenvalue weighted by Crippen LogP contribution is 2.18. The lowest BCUT2D eigenvalue weighted by Crippen LogP contribution is -2.52. The summed E-state index contributed by atoms with van der Waals surface area (Å²) >= 11 is 0. The number of carbonyl (C=O) groups is 3. The van der Waals surface area contributed by atoms with Crippen LogP contribution in [0.3, 0.4) is 0 Å². The number of hydrogen-bond acceptors (Lipinski definition) is 8. The van der Waals surface area contributed by atoms with E-state index in [1.165, 1.54) is 47.3 Å². The number of benzene rings is 2. The third kappa shape index (κ3) is 12.1. The molecular weight excluding hydrogens is 598 g/mol.